The van der Waals surface area contributed by atoms with Crippen molar-refractivity contribution in [1.29, 1.82) is 0 Å². The largest absolute Gasteiger partial charge is 0.338 e. The van der Waals surface area contributed by atoms with Crippen molar-refractivity contribution in [3.05, 3.63) is 75.6 Å². The van der Waals surface area contributed by atoms with E-state index in [0.29, 0.717) is 32.3 Å². The van der Waals surface area contributed by atoms with Crippen LogP contribution in [0.3, 0.4) is 0 Å². The number of hydrogen-bond donors (Lipinski definition) is 2. The van der Waals surface area contributed by atoms with Crippen molar-refractivity contribution in [3.8, 4) is 0 Å². The summed E-state index contributed by atoms with van der Waals surface area (Å²) < 4.78 is 0. The van der Waals surface area contributed by atoms with Crippen molar-refractivity contribution in [3.63, 3.8) is 0 Å². The highest BCUT2D eigenvalue weighted by Crippen LogP contribution is 2.27. The summed E-state index contributed by atoms with van der Waals surface area (Å²) in [5.74, 6) is 0.0816. The Morgan fingerprint density at radius 3 is 2.24 bits per heavy atom. The van der Waals surface area contributed by atoms with E-state index < -0.39 is 0 Å². The number of hydrogen-bond acceptors (Lipinski definition) is 4. The predicted molar refractivity (Wildman–Crippen MR) is 101 cm³/mol. The van der Waals surface area contributed by atoms with Crippen LogP contribution in [0, 0.1) is 0 Å². The zero-order valence-electron chi connectivity index (χ0n) is 12.6. The molecule has 2 aromatic carbocycles. The highest BCUT2D eigenvalue weighted by atomic mass is 35.5. The summed E-state index contributed by atoms with van der Waals surface area (Å²) in [4.78, 5) is 20.4. The number of nitrogens with zero attached hydrogens (tertiary/aromatic N) is 2. The molecule has 8 heteroatoms. The first-order valence-electron chi connectivity index (χ1n) is 7.12. The predicted octanol–water partition coefficient (Wildman–Crippen LogP) is 5.43. The minimum absolute atomic E-state index is 0.183. The third-order valence-electron chi connectivity index (χ3n) is 3.18. The van der Waals surface area contributed by atoms with Crippen molar-refractivity contribution in [2.24, 2.45) is 0 Å². The van der Waals surface area contributed by atoms with Crippen LogP contribution in [0.2, 0.25) is 15.1 Å². The smallest absolute Gasteiger partial charge is 0.275 e. The van der Waals surface area contributed by atoms with Gasteiger partial charge in [-0.05, 0) is 42.5 Å². The Morgan fingerprint density at radius 1 is 0.880 bits per heavy atom. The van der Waals surface area contributed by atoms with Crippen molar-refractivity contribution in [1.82, 2.24) is 9.97 Å². The number of carbonyl (C=O) groups is 1. The average molecular weight is 394 g/mol. The molecule has 126 valence electrons. The van der Waals surface area contributed by atoms with Crippen LogP contribution in [-0.4, -0.2) is 15.9 Å². The molecule has 0 radical (unpaired) electrons. The summed E-state index contributed by atoms with van der Waals surface area (Å²) in [5, 5.41) is 7.31. The van der Waals surface area contributed by atoms with E-state index in [9.17, 15) is 4.79 Å². The molecule has 0 unspecified atom stereocenters. The fourth-order valence-electron chi connectivity index (χ4n) is 1.97. The molecule has 0 bridgehead atoms. The lowest BCUT2D eigenvalue weighted by atomic mass is 10.3. The molecule has 0 atom stereocenters. The van der Waals surface area contributed by atoms with Crippen LogP contribution in [0.1, 0.15) is 10.5 Å². The van der Waals surface area contributed by atoms with E-state index in [1.165, 1.54) is 12.4 Å². The molecular formula is C17H11Cl3N4O. The Labute approximate surface area is 159 Å². The van der Waals surface area contributed by atoms with Gasteiger partial charge in [-0.15, -0.1) is 0 Å². The molecule has 3 aromatic rings. The molecule has 0 aliphatic heterocycles. The van der Waals surface area contributed by atoms with Gasteiger partial charge in [-0.3, -0.25) is 4.79 Å². The normalized spacial score (nSPS) is 10.4. The highest BCUT2D eigenvalue weighted by molar-refractivity contribution is 6.36. The summed E-state index contributed by atoms with van der Waals surface area (Å²) in [6.45, 7) is 0. The first-order chi connectivity index (χ1) is 12.0. The van der Waals surface area contributed by atoms with E-state index in [2.05, 4.69) is 20.6 Å². The summed E-state index contributed by atoms with van der Waals surface area (Å²) in [6.07, 6.45) is 2.82. The van der Waals surface area contributed by atoms with Crippen LogP contribution in [0.25, 0.3) is 0 Å². The van der Waals surface area contributed by atoms with Gasteiger partial charge in [-0.2, -0.15) is 0 Å². The monoisotopic (exact) mass is 392 g/mol. The fourth-order valence-corrected chi connectivity index (χ4v) is 2.55. The summed E-state index contributed by atoms with van der Waals surface area (Å²) in [7, 11) is 0. The van der Waals surface area contributed by atoms with Gasteiger partial charge in [0.2, 0.25) is 0 Å². The summed E-state index contributed by atoms with van der Waals surface area (Å²) >= 11 is 17.8. The first-order valence-corrected chi connectivity index (χ1v) is 8.26. The second kappa shape index (κ2) is 7.70. The number of halogens is 3. The molecule has 0 aliphatic carbocycles. The van der Waals surface area contributed by atoms with Gasteiger partial charge < -0.3 is 10.6 Å². The maximum atomic E-state index is 12.2. The van der Waals surface area contributed by atoms with Gasteiger partial charge in [0.05, 0.1) is 23.1 Å². The summed E-state index contributed by atoms with van der Waals surface area (Å²) in [6, 6.07) is 11.8. The highest BCUT2D eigenvalue weighted by Gasteiger charge is 2.09. The average Bonchev–Trinajstić information content (AvgIpc) is 2.60. The molecule has 2 N–H and O–H groups in total. The zero-order chi connectivity index (χ0) is 17.8. The van der Waals surface area contributed by atoms with Gasteiger partial charge in [0.25, 0.3) is 5.91 Å². The standard InChI is InChI=1S/C17H11Cl3N4O/c18-10-1-4-12(5-2-10)23-17(25)15-8-22-16(9-21-15)24-14-6-3-11(19)7-13(14)20/h1-9H,(H,22,24)(H,23,25). The number of rotatable bonds is 4. The molecule has 0 fully saturated rings. The third kappa shape index (κ3) is 4.60. The maximum Gasteiger partial charge on any atom is 0.275 e. The molecule has 5 nitrogen and oxygen atoms in total. The van der Waals surface area contributed by atoms with Crippen LogP contribution < -0.4 is 10.6 Å². The van der Waals surface area contributed by atoms with Crippen molar-refractivity contribution in [2.75, 3.05) is 10.6 Å². The van der Waals surface area contributed by atoms with Gasteiger partial charge in [0.1, 0.15) is 11.5 Å². The molecule has 3 rings (SSSR count). The molecular weight excluding hydrogens is 383 g/mol. The van der Waals surface area contributed by atoms with Crippen molar-refractivity contribution >= 4 is 57.9 Å². The van der Waals surface area contributed by atoms with Crippen LogP contribution in [-0.2, 0) is 0 Å². The Morgan fingerprint density at radius 2 is 1.60 bits per heavy atom. The molecule has 0 spiro atoms. The van der Waals surface area contributed by atoms with Crippen molar-refractivity contribution in [2.45, 2.75) is 0 Å². The van der Waals surface area contributed by atoms with E-state index in [4.69, 9.17) is 34.8 Å². The van der Waals surface area contributed by atoms with Gasteiger partial charge in [-0.1, -0.05) is 34.8 Å². The van der Waals surface area contributed by atoms with Crippen LogP contribution in [0.15, 0.2) is 54.9 Å². The van der Waals surface area contributed by atoms with Gasteiger partial charge in [0.15, 0.2) is 0 Å². The summed E-state index contributed by atoms with van der Waals surface area (Å²) in [5.41, 5.74) is 1.44. The number of anilines is 3. The molecule has 0 aliphatic rings. The Bertz CT molecular complexity index is 899. The maximum absolute atomic E-state index is 12.2. The van der Waals surface area contributed by atoms with E-state index >= 15 is 0 Å². The fraction of sp³-hybridized carbons (Fsp3) is 0. The molecule has 25 heavy (non-hydrogen) atoms. The molecule has 0 saturated carbocycles. The molecule has 1 amide bonds. The number of aromatic nitrogens is 2. The lowest BCUT2D eigenvalue weighted by molar-refractivity contribution is 0.102. The lowest BCUT2D eigenvalue weighted by Crippen LogP contribution is -2.14. The second-order valence-electron chi connectivity index (χ2n) is 5.00. The van der Waals surface area contributed by atoms with Crippen molar-refractivity contribution < 1.29 is 4.79 Å². The zero-order valence-corrected chi connectivity index (χ0v) is 14.9. The van der Waals surface area contributed by atoms with Crippen LogP contribution in [0.5, 0.6) is 0 Å². The number of nitrogens with one attached hydrogen (secondary N) is 2. The minimum atomic E-state index is -0.370. The van der Waals surface area contributed by atoms with Crippen LogP contribution >= 0.6 is 34.8 Å². The quantitative estimate of drug-likeness (QED) is 0.620. The number of carbonyl (C=O) groups excluding carboxylic acids is 1. The minimum Gasteiger partial charge on any atom is -0.338 e. The van der Waals surface area contributed by atoms with E-state index in [0.717, 1.165) is 0 Å². The molecule has 1 aromatic heterocycles. The molecule has 0 saturated heterocycles. The van der Waals surface area contributed by atoms with Crippen LogP contribution in [0.4, 0.5) is 17.2 Å². The SMILES string of the molecule is O=C(Nc1ccc(Cl)cc1)c1cnc(Nc2ccc(Cl)cc2Cl)cn1. The number of amides is 1. The third-order valence-corrected chi connectivity index (χ3v) is 3.98. The van der Waals surface area contributed by atoms with Gasteiger partial charge in [0, 0.05) is 15.7 Å². The molecule has 1 heterocycles. The Balaban J connectivity index is 1.69. The van der Waals surface area contributed by atoms with Gasteiger partial charge >= 0.3 is 0 Å². The lowest BCUT2D eigenvalue weighted by Gasteiger charge is -2.08. The van der Waals surface area contributed by atoms with Gasteiger partial charge in [-0.25, -0.2) is 9.97 Å². The Hall–Kier alpha value is -2.34. The second-order valence-corrected chi connectivity index (χ2v) is 6.28. The Kier molecular flexibility index (Phi) is 5.38. The first kappa shape index (κ1) is 17.5. The van der Waals surface area contributed by atoms with E-state index in [1.54, 1.807) is 42.5 Å². The van der Waals surface area contributed by atoms with E-state index in [1.807, 2.05) is 0 Å². The van der Waals surface area contributed by atoms with E-state index in [-0.39, 0.29) is 11.6 Å². The number of benzene rings is 2. The topological polar surface area (TPSA) is 66.9 Å².